The number of carbonyl (C=O) groups excluding carboxylic acids is 1. The molecule has 1 amide bonds. The van der Waals surface area contributed by atoms with E-state index in [1.54, 1.807) is 43.3 Å². The average molecular weight is 405 g/mol. The predicted molar refractivity (Wildman–Crippen MR) is 114 cm³/mol. The minimum atomic E-state index is -3.66. The molecular weight excluding hydrogens is 376 g/mol. The summed E-state index contributed by atoms with van der Waals surface area (Å²) in [4.78, 5) is 12.9. The van der Waals surface area contributed by atoms with E-state index in [1.807, 2.05) is 26.8 Å². The van der Waals surface area contributed by atoms with Gasteiger partial charge >= 0.3 is 0 Å². The van der Waals surface area contributed by atoms with Crippen LogP contribution in [0, 0.1) is 13.8 Å². The summed E-state index contributed by atoms with van der Waals surface area (Å²) < 4.78 is 31.7. The van der Waals surface area contributed by atoms with Gasteiger partial charge in [0.2, 0.25) is 15.9 Å². The molecule has 0 aromatic heterocycles. The Morgan fingerprint density at radius 3 is 2.11 bits per heavy atom. The van der Waals surface area contributed by atoms with Crippen molar-refractivity contribution in [3.63, 3.8) is 0 Å². The van der Waals surface area contributed by atoms with Crippen LogP contribution >= 0.6 is 0 Å². The summed E-state index contributed by atoms with van der Waals surface area (Å²) in [6.45, 7) is 8.05. The number of amides is 1. The van der Waals surface area contributed by atoms with Gasteiger partial charge in [-0.2, -0.15) is 0 Å². The highest BCUT2D eigenvalue weighted by Gasteiger charge is 2.31. The third-order valence-corrected chi connectivity index (χ3v) is 5.40. The summed E-state index contributed by atoms with van der Waals surface area (Å²) in [5.74, 6) is 0.330. The molecule has 0 radical (unpaired) electrons. The first-order chi connectivity index (χ1) is 13.2. The summed E-state index contributed by atoms with van der Waals surface area (Å²) in [6, 6.07) is 11.7. The first-order valence-electron chi connectivity index (χ1n) is 9.27. The quantitative estimate of drug-likeness (QED) is 0.724. The van der Waals surface area contributed by atoms with Crippen LogP contribution in [0.5, 0.6) is 5.75 Å². The maximum atomic E-state index is 12.9. The van der Waals surface area contributed by atoms with E-state index in [0.29, 0.717) is 30.2 Å². The van der Waals surface area contributed by atoms with Crippen molar-refractivity contribution in [3.05, 3.63) is 53.6 Å². The fourth-order valence-electron chi connectivity index (χ4n) is 3.16. The van der Waals surface area contributed by atoms with Crippen LogP contribution in [-0.4, -0.2) is 33.2 Å². The van der Waals surface area contributed by atoms with Crippen LogP contribution in [0.1, 0.15) is 31.4 Å². The fraction of sp³-hybridized carbons (Fsp3) is 0.381. The van der Waals surface area contributed by atoms with Gasteiger partial charge in [0.1, 0.15) is 11.8 Å². The van der Waals surface area contributed by atoms with Gasteiger partial charge in [0.15, 0.2) is 0 Å². The maximum absolute atomic E-state index is 12.9. The number of nitrogens with one attached hydrogen (secondary N) is 1. The van der Waals surface area contributed by atoms with Crippen molar-refractivity contribution in [2.45, 2.75) is 40.2 Å². The topological polar surface area (TPSA) is 75.7 Å². The highest BCUT2D eigenvalue weighted by Crippen LogP contribution is 2.26. The Labute approximate surface area is 167 Å². The Bertz CT molecular complexity index is 904. The molecule has 0 aliphatic rings. The molecule has 1 atom stereocenters. The van der Waals surface area contributed by atoms with Crippen LogP contribution in [0.3, 0.4) is 0 Å². The first kappa shape index (κ1) is 21.8. The van der Waals surface area contributed by atoms with Gasteiger partial charge in [0.25, 0.3) is 0 Å². The van der Waals surface area contributed by atoms with Gasteiger partial charge in [-0.15, -0.1) is 0 Å². The number of ether oxygens (including phenoxy) is 1. The highest BCUT2D eigenvalue weighted by molar-refractivity contribution is 7.92. The molecule has 0 bridgehead atoms. The largest absolute Gasteiger partial charge is 0.494 e. The smallest absolute Gasteiger partial charge is 0.248 e. The summed E-state index contributed by atoms with van der Waals surface area (Å²) >= 11 is 0. The van der Waals surface area contributed by atoms with E-state index in [1.165, 1.54) is 4.31 Å². The molecule has 0 aliphatic heterocycles. The molecule has 28 heavy (non-hydrogen) atoms. The van der Waals surface area contributed by atoms with Crippen LogP contribution in [0.25, 0.3) is 0 Å². The zero-order valence-electron chi connectivity index (χ0n) is 17.0. The number of hydrogen-bond donors (Lipinski definition) is 1. The molecule has 1 unspecified atom stereocenters. The van der Waals surface area contributed by atoms with Crippen LogP contribution in [0.2, 0.25) is 0 Å². The van der Waals surface area contributed by atoms with Gasteiger partial charge in [0.05, 0.1) is 18.6 Å². The Kier molecular flexibility index (Phi) is 7.07. The third-order valence-electron chi connectivity index (χ3n) is 4.22. The lowest BCUT2D eigenvalue weighted by atomic mass is 10.1. The molecule has 0 heterocycles. The molecule has 152 valence electrons. The predicted octanol–water partition coefficient (Wildman–Crippen LogP) is 3.89. The average Bonchev–Trinajstić information content (AvgIpc) is 2.59. The molecule has 0 aliphatic carbocycles. The van der Waals surface area contributed by atoms with Crippen molar-refractivity contribution in [2.24, 2.45) is 0 Å². The normalized spacial score (nSPS) is 12.3. The number of carbonyl (C=O) groups is 1. The van der Waals surface area contributed by atoms with Crippen LogP contribution in [0.4, 0.5) is 11.4 Å². The van der Waals surface area contributed by atoms with Gasteiger partial charge in [0, 0.05) is 5.69 Å². The third kappa shape index (κ3) is 5.48. The number of nitrogens with zero attached hydrogens (tertiary/aromatic N) is 1. The fourth-order valence-corrected chi connectivity index (χ4v) is 4.36. The number of anilines is 2. The van der Waals surface area contributed by atoms with Gasteiger partial charge in [-0.3, -0.25) is 9.10 Å². The van der Waals surface area contributed by atoms with E-state index in [0.717, 1.165) is 17.4 Å². The molecule has 1 N–H and O–H groups in total. The Hall–Kier alpha value is -2.54. The van der Waals surface area contributed by atoms with Crippen LogP contribution in [0.15, 0.2) is 42.5 Å². The Balaban J connectivity index is 2.33. The van der Waals surface area contributed by atoms with E-state index in [-0.39, 0.29) is 5.91 Å². The second-order valence-electron chi connectivity index (χ2n) is 6.78. The van der Waals surface area contributed by atoms with Crippen LogP contribution < -0.4 is 14.4 Å². The minimum absolute atomic E-state index is 0.336. The Morgan fingerprint density at radius 2 is 1.64 bits per heavy atom. The van der Waals surface area contributed by atoms with E-state index in [9.17, 15) is 13.2 Å². The molecule has 0 saturated carbocycles. The van der Waals surface area contributed by atoms with Gasteiger partial charge in [-0.1, -0.05) is 13.0 Å². The van der Waals surface area contributed by atoms with Gasteiger partial charge in [-0.05, 0) is 74.7 Å². The molecule has 6 nitrogen and oxygen atoms in total. The Morgan fingerprint density at radius 1 is 1.07 bits per heavy atom. The number of benzene rings is 2. The summed E-state index contributed by atoms with van der Waals surface area (Å²) in [6.07, 6.45) is 1.46. The highest BCUT2D eigenvalue weighted by atomic mass is 32.2. The number of sulfonamides is 1. The van der Waals surface area contributed by atoms with Crippen LogP contribution in [-0.2, 0) is 14.8 Å². The molecule has 0 fully saturated rings. The standard InChI is InChI=1S/C21H28N2O4S/c1-6-20(21(24)22-17-8-10-19(11-9-17)27-7-2)23(28(5,25)26)18-13-15(3)12-16(4)14-18/h8-14,20H,6-7H2,1-5H3,(H,22,24). The zero-order valence-corrected chi connectivity index (χ0v) is 17.8. The van der Waals surface area contributed by atoms with Crippen molar-refractivity contribution in [2.75, 3.05) is 22.5 Å². The van der Waals surface area contributed by atoms with Crippen molar-refractivity contribution < 1.29 is 17.9 Å². The van der Waals surface area contributed by atoms with Crippen molar-refractivity contribution in [1.82, 2.24) is 0 Å². The lowest BCUT2D eigenvalue weighted by Crippen LogP contribution is -2.47. The molecule has 0 saturated heterocycles. The molecular formula is C21H28N2O4S. The number of hydrogen-bond acceptors (Lipinski definition) is 4. The summed E-state index contributed by atoms with van der Waals surface area (Å²) in [5, 5.41) is 2.81. The SMILES string of the molecule is CCOc1ccc(NC(=O)C(CC)N(c2cc(C)cc(C)c2)S(C)(=O)=O)cc1. The van der Waals surface area contributed by atoms with E-state index >= 15 is 0 Å². The van der Waals surface area contributed by atoms with E-state index < -0.39 is 16.1 Å². The lowest BCUT2D eigenvalue weighted by molar-refractivity contribution is -0.117. The molecule has 0 spiro atoms. The molecule has 7 heteroatoms. The van der Waals surface area contributed by atoms with Gasteiger partial charge < -0.3 is 10.1 Å². The number of rotatable bonds is 8. The monoisotopic (exact) mass is 404 g/mol. The summed E-state index contributed by atoms with van der Waals surface area (Å²) in [5.41, 5.74) is 2.95. The molecule has 2 aromatic carbocycles. The minimum Gasteiger partial charge on any atom is -0.494 e. The van der Waals surface area contributed by atoms with Crippen molar-refractivity contribution in [3.8, 4) is 5.75 Å². The zero-order chi connectivity index (χ0) is 20.9. The van der Waals surface area contributed by atoms with Gasteiger partial charge in [-0.25, -0.2) is 8.42 Å². The molecule has 2 rings (SSSR count). The number of aryl methyl sites for hydroxylation is 2. The van der Waals surface area contributed by atoms with E-state index in [2.05, 4.69) is 5.32 Å². The van der Waals surface area contributed by atoms with E-state index in [4.69, 9.17) is 4.74 Å². The second kappa shape index (κ2) is 9.10. The molecule has 2 aromatic rings. The van der Waals surface area contributed by atoms with Crippen molar-refractivity contribution in [1.29, 1.82) is 0 Å². The summed E-state index contributed by atoms with van der Waals surface area (Å²) in [7, 11) is -3.66. The van der Waals surface area contributed by atoms with Crippen molar-refractivity contribution >= 4 is 27.3 Å². The first-order valence-corrected chi connectivity index (χ1v) is 11.1. The second-order valence-corrected chi connectivity index (χ2v) is 8.63. The lowest BCUT2D eigenvalue weighted by Gasteiger charge is -2.30. The maximum Gasteiger partial charge on any atom is 0.248 e.